The molecule has 64 valence electrons. The summed E-state index contributed by atoms with van der Waals surface area (Å²) in [7, 11) is 0. The monoisotopic (exact) mass is 157 g/mol. The van der Waals surface area contributed by atoms with Gasteiger partial charge in [-0.2, -0.15) is 0 Å². The summed E-state index contributed by atoms with van der Waals surface area (Å²) >= 11 is 0. The largest absolute Gasteiger partial charge is 0.495 e. The van der Waals surface area contributed by atoms with Gasteiger partial charge in [-0.1, -0.05) is 6.92 Å². The minimum atomic E-state index is -0.461. The van der Waals surface area contributed by atoms with Gasteiger partial charge in [0.2, 0.25) is 0 Å². The van der Waals surface area contributed by atoms with Crippen molar-refractivity contribution in [3.05, 3.63) is 11.8 Å². The first-order chi connectivity index (χ1) is 5.34. The van der Waals surface area contributed by atoms with E-state index in [-0.39, 0.29) is 0 Å². The van der Waals surface area contributed by atoms with Crippen LogP contribution in [0.4, 0.5) is 0 Å². The zero-order valence-electron chi connectivity index (χ0n) is 6.84. The molecule has 1 heterocycles. The SMILES string of the molecule is CCNCC(O)C1=CCCO1. The van der Waals surface area contributed by atoms with Crippen molar-refractivity contribution in [2.45, 2.75) is 19.4 Å². The predicted octanol–water partition coefficient (Wildman–Crippen LogP) is 0.261. The maximum atomic E-state index is 9.42. The van der Waals surface area contributed by atoms with E-state index in [0.717, 1.165) is 25.3 Å². The van der Waals surface area contributed by atoms with E-state index in [4.69, 9.17) is 4.74 Å². The highest BCUT2D eigenvalue weighted by atomic mass is 16.5. The molecule has 0 radical (unpaired) electrons. The number of hydrogen-bond donors (Lipinski definition) is 2. The molecule has 0 aromatic rings. The number of rotatable bonds is 4. The van der Waals surface area contributed by atoms with Crippen LogP contribution in [0.3, 0.4) is 0 Å². The van der Waals surface area contributed by atoms with Gasteiger partial charge in [0.1, 0.15) is 11.9 Å². The average Bonchev–Trinajstić information content (AvgIpc) is 2.52. The Bertz CT molecular complexity index is 145. The van der Waals surface area contributed by atoms with Crippen molar-refractivity contribution in [2.75, 3.05) is 19.7 Å². The third-order valence-corrected chi connectivity index (χ3v) is 1.65. The Morgan fingerprint density at radius 2 is 2.64 bits per heavy atom. The summed E-state index contributed by atoms with van der Waals surface area (Å²) in [5.74, 6) is 0.728. The lowest BCUT2D eigenvalue weighted by atomic mass is 10.3. The molecule has 1 aliphatic heterocycles. The van der Waals surface area contributed by atoms with Crippen LogP contribution < -0.4 is 5.32 Å². The van der Waals surface area contributed by atoms with Crippen molar-refractivity contribution in [3.63, 3.8) is 0 Å². The normalized spacial score (nSPS) is 19.3. The molecule has 0 aromatic heterocycles. The lowest BCUT2D eigenvalue weighted by molar-refractivity contribution is 0.117. The van der Waals surface area contributed by atoms with Crippen LogP contribution in [0.25, 0.3) is 0 Å². The molecule has 0 amide bonds. The molecule has 0 bridgehead atoms. The topological polar surface area (TPSA) is 41.5 Å². The minimum absolute atomic E-state index is 0.461. The van der Waals surface area contributed by atoms with E-state index in [9.17, 15) is 5.11 Å². The highest BCUT2D eigenvalue weighted by Gasteiger charge is 2.14. The summed E-state index contributed by atoms with van der Waals surface area (Å²) in [6, 6.07) is 0. The second kappa shape index (κ2) is 4.36. The maximum absolute atomic E-state index is 9.42. The molecule has 0 saturated heterocycles. The van der Waals surface area contributed by atoms with Crippen LogP contribution in [0.15, 0.2) is 11.8 Å². The van der Waals surface area contributed by atoms with Gasteiger partial charge in [0.05, 0.1) is 6.61 Å². The molecular formula is C8H15NO2. The van der Waals surface area contributed by atoms with E-state index in [1.165, 1.54) is 0 Å². The van der Waals surface area contributed by atoms with Crippen molar-refractivity contribution < 1.29 is 9.84 Å². The lowest BCUT2D eigenvalue weighted by Gasteiger charge is -2.11. The molecule has 0 aliphatic carbocycles. The number of ether oxygens (including phenoxy) is 1. The smallest absolute Gasteiger partial charge is 0.123 e. The van der Waals surface area contributed by atoms with Gasteiger partial charge < -0.3 is 15.2 Å². The molecule has 0 spiro atoms. The van der Waals surface area contributed by atoms with E-state index in [1.807, 2.05) is 13.0 Å². The number of likely N-dealkylation sites (N-methyl/N-ethyl adjacent to an activating group) is 1. The second-order valence-electron chi connectivity index (χ2n) is 2.57. The number of aliphatic hydroxyl groups excluding tert-OH is 1. The van der Waals surface area contributed by atoms with Crippen LogP contribution in [-0.2, 0) is 4.74 Å². The van der Waals surface area contributed by atoms with Crippen molar-refractivity contribution in [1.82, 2.24) is 5.32 Å². The molecule has 11 heavy (non-hydrogen) atoms. The fraction of sp³-hybridized carbons (Fsp3) is 0.750. The van der Waals surface area contributed by atoms with Crippen LogP contribution in [-0.4, -0.2) is 30.9 Å². The Morgan fingerprint density at radius 3 is 3.18 bits per heavy atom. The summed E-state index contributed by atoms with van der Waals surface area (Å²) in [5.41, 5.74) is 0. The van der Waals surface area contributed by atoms with Crippen LogP contribution >= 0.6 is 0 Å². The highest BCUT2D eigenvalue weighted by molar-refractivity contribution is 5.04. The van der Waals surface area contributed by atoms with E-state index in [2.05, 4.69) is 5.32 Å². The van der Waals surface area contributed by atoms with Crippen molar-refractivity contribution in [2.24, 2.45) is 0 Å². The Balaban J connectivity index is 2.23. The van der Waals surface area contributed by atoms with Gasteiger partial charge in [-0.3, -0.25) is 0 Å². The van der Waals surface area contributed by atoms with Crippen LogP contribution in [0.5, 0.6) is 0 Å². The Kier molecular flexibility index (Phi) is 3.39. The van der Waals surface area contributed by atoms with Gasteiger partial charge in [-0.05, 0) is 12.6 Å². The second-order valence-corrected chi connectivity index (χ2v) is 2.57. The van der Waals surface area contributed by atoms with Crippen LogP contribution in [0.2, 0.25) is 0 Å². The molecule has 3 heteroatoms. The van der Waals surface area contributed by atoms with Crippen molar-refractivity contribution in [3.8, 4) is 0 Å². The zero-order chi connectivity index (χ0) is 8.10. The summed E-state index contributed by atoms with van der Waals surface area (Å²) < 4.78 is 5.18. The Hall–Kier alpha value is -0.540. The standard InChI is InChI=1S/C8H15NO2/c1-2-9-6-7(10)8-4-3-5-11-8/h4,7,9-10H,2-3,5-6H2,1H3. The molecule has 1 atom stereocenters. The molecule has 2 N–H and O–H groups in total. The third kappa shape index (κ3) is 2.52. The highest BCUT2D eigenvalue weighted by Crippen LogP contribution is 2.12. The molecule has 1 rings (SSSR count). The summed E-state index contributed by atoms with van der Waals surface area (Å²) in [6.45, 7) is 4.20. The summed E-state index contributed by atoms with van der Waals surface area (Å²) in [5, 5.41) is 12.5. The van der Waals surface area contributed by atoms with Gasteiger partial charge >= 0.3 is 0 Å². The minimum Gasteiger partial charge on any atom is -0.495 e. The lowest BCUT2D eigenvalue weighted by Crippen LogP contribution is -2.28. The van der Waals surface area contributed by atoms with E-state index in [0.29, 0.717) is 6.54 Å². The van der Waals surface area contributed by atoms with Gasteiger partial charge in [0, 0.05) is 13.0 Å². The fourth-order valence-electron chi connectivity index (χ4n) is 1.05. The first-order valence-electron chi connectivity index (χ1n) is 4.06. The van der Waals surface area contributed by atoms with Gasteiger partial charge in [0.25, 0.3) is 0 Å². The average molecular weight is 157 g/mol. The van der Waals surface area contributed by atoms with E-state index < -0.39 is 6.10 Å². The van der Waals surface area contributed by atoms with Crippen LogP contribution in [0, 0.1) is 0 Å². The number of hydrogen-bond acceptors (Lipinski definition) is 3. The first-order valence-corrected chi connectivity index (χ1v) is 4.06. The number of aliphatic hydroxyl groups is 1. The molecule has 0 saturated carbocycles. The molecule has 1 unspecified atom stereocenters. The van der Waals surface area contributed by atoms with E-state index in [1.54, 1.807) is 0 Å². The molecule has 0 aromatic carbocycles. The van der Waals surface area contributed by atoms with Crippen molar-refractivity contribution in [1.29, 1.82) is 0 Å². The molecule has 1 aliphatic rings. The molecular weight excluding hydrogens is 142 g/mol. The first kappa shape index (κ1) is 8.56. The van der Waals surface area contributed by atoms with E-state index >= 15 is 0 Å². The Labute approximate surface area is 67.1 Å². The summed E-state index contributed by atoms with van der Waals surface area (Å²) in [6.07, 6.45) is 2.41. The van der Waals surface area contributed by atoms with Crippen LogP contribution in [0.1, 0.15) is 13.3 Å². The Morgan fingerprint density at radius 1 is 1.82 bits per heavy atom. The zero-order valence-corrected chi connectivity index (χ0v) is 6.84. The number of nitrogens with one attached hydrogen (secondary N) is 1. The third-order valence-electron chi connectivity index (χ3n) is 1.65. The predicted molar refractivity (Wildman–Crippen MR) is 43.2 cm³/mol. The summed E-state index contributed by atoms with van der Waals surface area (Å²) in [4.78, 5) is 0. The van der Waals surface area contributed by atoms with Crippen molar-refractivity contribution >= 4 is 0 Å². The fourth-order valence-corrected chi connectivity index (χ4v) is 1.05. The van der Waals surface area contributed by atoms with Gasteiger partial charge in [-0.25, -0.2) is 0 Å². The quantitative estimate of drug-likeness (QED) is 0.615. The maximum Gasteiger partial charge on any atom is 0.123 e. The molecule has 0 fully saturated rings. The van der Waals surface area contributed by atoms with Gasteiger partial charge in [-0.15, -0.1) is 0 Å². The molecule has 3 nitrogen and oxygen atoms in total. The van der Waals surface area contributed by atoms with Gasteiger partial charge in [0.15, 0.2) is 0 Å².